The van der Waals surface area contributed by atoms with Crippen molar-refractivity contribution in [1.82, 2.24) is 0 Å². The van der Waals surface area contributed by atoms with Gasteiger partial charge in [0, 0.05) is 15.1 Å². The lowest BCUT2D eigenvalue weighted by Gasteiger charge is -2.40. The molecule has 1 aliphatic rings. The molecule has 1 aromatic rings. The fourth-order valence-electron chi connectivity index (χ4n) is 1.82. The summed E-state index contributed by atoms with van der Waals surface area (Å²) in [4.78, 5) is 1.35. The van der Waals surface area contributed by atoms with Gasteiger partial charge in [-0.2, -0.15) is 12.6 Å². The van der Waals surface area contributed by atoms with Gasteiger partial charge in [-0.25, -0.2) is 0 Å². The van der Waals surface area contributed by atoms with E-state index in [1.165, 1.54) is 34.4 Å². The van der Waals surface area contributed by atoms with E-state index >= 15 is 0 Å². The first-order valence-electron chi connectivity index (χ1n) is 5.24. The van der Waals surface area contributed by atoms with E-state index in [0.717, 1.165) is 5.75 Å². The number of hydrogen-bond acceptors (Lipinski definition) is 2. The third-order valence-corrected chi connectivity index (χ3v) is 6.17. The number of thioether (sulfide) groups is 1. The van der Waals surface area contributed by atoms with Crippen molar-refractivity contribution in [1.29, 1.82) is 0 Å². The second kappa shape index (κ2) is 5.15. The first-order valence-corrected chi connectivity index (χ1v) is 7.65. The van der Waals surface area contributed by atoms with Crippen LogP contribution in [0.15, 0.2) is 33.6 Å². The van der Waals surface area contributed by atoms with Crippen molar-refractivity contribution in [2.24, 2.45) is 5.41 Å². The molecule has 0 heterocycles. The molecular formula is C12H15BrS2. The maximum Gasteiger partial charge on any atom is 0.0311 e. The molecule has 82 valence electrons. The van der Waals surface area contributed by atoms with Gasteiger partial charge in [0.05, 0.1) is 0 Å². The van der Waals surface area contributed by atoms with Crippen LogP contribution in [0.1, 0.15) is 19.3 Å². The molecule has 1 aliphatic carbocycles. The summed E-state index contributed by atoms with van der Waals surface area (Å²) >= 11 is 10.0. The molecule has 0 radical (unpaired) electrons. The lowest BCUT2D eigenvalue weighted by Crippen LogP contribution is -2.33. The Hall–Kier alpha value is 0.400. The minimum atomic E-state index is 0.517. The number of benzene rings is 1. The molecule has 0 aromatic heterocycles. The van der Waals surface area contributed by atoms with Gasteiger partial charge < -0.3 is 0 Å². The Kier molecular flexibility index (Phi) is 4.08. The Labute approximate surface area is 110 Å². The Bertz CT molecular complexity index is 329. The summed E-state index contributed by atoms with van der Waals surface area (Å²) in [7, 11) is 0. The fraction of sp³-hybridized carbons (Fsp3) is 0.500. The van der Waals surface area contributed by atoms with Crippen LogP contribution in [0.4, 0.5) is 0 Å². The van der Waals surface area contributed by atoms with Crippen molar-refractivity contribution < 1.29 is 0 Å². The van der Waals surface area contributed by atoms with Crippen LogP contribution in [0.25, 0.3) is 0 Å². The zero-order valence-electron chi connectivity index (χ0n) is 8.58. The van der Waals surface area contributed by atoms with Crippen molar-refractivity contribution in [3.63, 3.8) is 0 Å². The van der Waals surface area contributed by atoms with Crippen LogP contribution in [-0.4, -0.2) is 11.5 Å². The molecule has 2 rings (SSSR count). The zero-order valence-corrected chi connectivity index (χ0v) is 11.9. The van der Waals surface area contributed by atoms with E-state index in [9.17, 15) is 0 Å². The summed E-state index contributed by atoms with van der Waals surface area (Å²) in [5.74, 6) is 2.24. The van der Waals surface area contributed by atoms with Crippen LogP contribution in [0.2, 0.25) is 0 Å². The minimum Gasteiger partial charge on any atom is -0.179 e. The third kappa shape index (κ3) is 2.75. The summed E-state index contributed by atoms with van der Waals surface area (Å²) in [5.41, 5.74) is 0.517. The third-order valence-electron chi connectivity index (χ3n) is 3.12. The highest BCUT2D eigenvalue weighted by molar-refractivity contribution is 9.10. The molecule has 0 nitrogen and oxygen atoms in total. The highest BCUT2D eigenvalue weighted by Crippen LogP contribution is 2.46. The SMILES string of the molecule is SCC1(CSc2ccccc2Br)CCC1. The molecule has 1 fully saturated rings. The lowest BCUT2D eigenvalue weighted by molar-refractivity contribution is 0.205. The summed E-state index contributed by atoms with van der Waals surface area (Å²) in [6, 6.07) is 8.45. The van der Waals surface area contributed by atoms with Crippen LogP contribution < -0.4 is 0 Å². The molecule has 0 amide bonds. The molecule has 0 N–H and O–H groups in total. The van der Waals surface area contributed by atoms with Gasteiger partial charge in [0.15, 0.2) is 0 Å². The van der Waals surface area contributed by atoms with Crippen molar-refractivity contribution in [2.45, 2.75) is 24.2 Å². The van der Waals surface area contributed by atoms with Gasteiger partial charge in [-0.05, 0) is 52.1 Å². The lowest BCUT2D eigenvalue weighted by atomic mass is 9.72. The van der Waals surface area contributed by atoms with Crippen LogP contribution >= 0.6 is 40.3 Å². The highest BCUT2D eigenvalue weighted by Gasteiger charge is 2.35. The Morgan fingerprint density at radius 1 is 1.33 bits per heavy atom. The quantitative estimate of drug-likeness (QED) is 0.624. The number of rotatable bonds is 4. The van der Waals surface area contributed by atoms with E-state index in [1.54, 1.807) is 0 Å². The molecule has 1 saturated carbocycles. The van der Waals surface area contributed by atoms with Gasteiger partial charge in [-0.1, -0.05) is 18.6 Å². The number of hydrogen-bond donors (Lipinski definition) is 1. The molecule has 0 saturated heterocycles. The van der Waals surface area contributed by atoms with Gasteiger partial charge in [-0.15, -0.1) is 11.8 Å². The maximum absolute atomic E-state index is 4.48. The molecule has 0 bridgehead atoms. The second-order valence-electron chi connectivity index (χ2n) is 4.23. The van der Waals surface area contributed by atoms with Gasteiger partial charge in [0.2, 0.25) is 0 Å². The van der Waals surface area contributed by atoms with Gasteiger partial charge in [-0.3, -0.25) is 0 Å². The smallest absolute Gasteiger partial charge is 0.0311 e. The van der Waals surface area contributed by atoms with Crippen molar-refractivity contribution in [3.8, 4) is 0 Å². The molecule has 0 spiro atoms. The van der Waals surface area contributed by atoms with Gasteiger partial charge in [0.25, 0.3) is 0 Å². The average molecular weight is 303 g/mol. The first kappa shape index (κ1) is 11.9. The molecule has 0 aliphatic heterocycles. The molecule has 15 heavy (non-hydrogen) atoms. The minimum absolute atomic E-state index is 0.517. The largest absolute Gasteiger partial charge is 0.179 e. The predicted octanol–water partition coefficient (Wildman–Crippen LogP) is 4.64. The Balaban J connectivity index is 1.95. The van der Waals surface area contributed by atoms with Crippen LogP contribution in [-0.2, 0) is 0 Å². The highest BCUT2D eigenvalue weighted by atomic mass is 79.9. The molecule has 0 atom stereocenters. The van der Waals surface area contributed by atoms with Gasteiger partial charge in [0.1, 0.15) is 0 Å². The van der Waals surface area contributed by atoms with E-state index < -0.39 is 0 Å². The van der Waals surface area contributed by atoms with Gasteiger partial charge >= 0.3 is 0 Å². The standard InChI is InChI=1S/C12H15BrS2/c13-10-4-1-2-5-11(10)15-9-12(8-14)6-3-7-12/h1-2,4-5,14H,3,6-9H2. The Morgan fingerprint density at radius 3 is 2.60 bits per heavy atom. The summed E-state index contributed by atoms with van der Waals surface area (Å²) in [6.45, 7) is 0. The van der Waals surface area contributed by atoms with Crippen molar-refractivity contribution >= 4 is 40.3 Å². The maximum atomic E-state index is 4.48. The second-order valence-corrected chi connectivity index (χ2v) is 6.42. The molecule has 3 heteroatoms. The van der Waals surface area contributed by atoms with Crippen molar-refractivity contribution in [3.05, 3.63) is 28.7 Å². The van der Waals surface area contributed by atoms with E-state index in [1.807, 2.05) is 11.8 Å². The summed E-state index contributed by atoms with van der Waals surface area (Å²) in [5, 5.41) is 0. The summed E-state index contributed by atoms with van der Waals surface area (Å²) < 4.78 is 1.21. The van der Waals surface area contributed by atoms with Crippen LogP contribution in [0.5, 0.6) is 0 Å². The topological polar surface area (TPSA) is 0 Å². The molecule has 1 aromatic carbocycles. The number of thiol groups is 1. The molecule has 0 unspecified atom stereocenters. The van der Waals surface area contributed by atoms with E-state index in [2.05, 4.69) is 52.8 Å². The summed E-state index contributed by atoms with van der Waals surface area (Å²) in [6.07, 6.45) is 4.10. The van der Waals surface area contributed by atoms with E-state index in [4.69, 9.17) is 0 Å². The first-order chi connectivity index (χ1) is 7.26. The Morgan fingerprint density at radius 2 is 2.07 bits per heavy atom. The predicted molar refractivity (Wildman–Crippen MR) is 75.0 cm³/mol. The van der Waals surface area contributed by atoms with Crippen molar-refractivity contribution in [2.75, 3.05) is 11.5 Å². The fourth-order valence-corrected chi connectivity index (χ4v) is 4.26. The normalized spacial score (nSPS) is 18.5. The molecular weight excluding hydrogens is 288 g/mol. The zero-order chi connectivity index (χ0) is 10.7. The van der Waals surface area contributed by atoms with E-state index in [-0.39, 0.29) is 0 Å². The monoisotopic (exact) mass is 302 g/mol. The van der Waals surface area contributed by atoms with Crippen LogP contribution in [0, 0.1) is 5.41 Å². The van der Waals surface area contributed by atoms with E-state index in [0.29, 0.717) is 5.41 Å². The average Bonchev–Trinajstić information content (AvgIpc) is 2.19. The van der Waals surface area contributed by atoms with Crippen LogP contribution in [0.3, 0.4) is 0 Å². The number of halogens is 1.